The van der Waals surface area contributed by atoms with Gasteiger partial charge in [0.2, 0.25) is 0 Å². The second-order valence-corrected chi connectivity index (χ2v) is 4.89. The predicted molar refractivity (Wildman–Crippen MR) is 59.6 cm³/mol. The molecule has 1 atom stereocenters. The van der Waals surface area contributed by atoms with Crippen molar-refractivity contribution in [3.8, 4) is 0 Å². The van der Waals surface area contributed by atoms with Gasteiger partial charge in [0.25, 0.3) is 0 Å². The largest absolute Gasteiger partial charge is 0.323 e. The molecule has 1 aliphatic rings. The highest BCUT2D eigenvalue weighted by Gasteiger charge is 2.21. The van der Waals surface area contributed by atoms with E-state index in [1.54, 1.807) is 11.8 Å². The fraction of sp³-hybridized carbons (Fsp3) is 0.333. The van der Waals surface area contributed by atoms with Gasteiger partial charge in [-0.05, 0) is 23.3 Å². The van der Waals surface area contributed by atoms with Crippen molar-refractivity contribution in [1.82, 2.24) is 0 Å². The molecule has 0 aromatic heterocycles. The fourth-order valence-electron chi connectivity index (χ4n) is 1.53. The first-order valence-electron chi connectivity index (χ1n) is 4.00. The monoisotopic (exact) mass is 233 g/mol. The first-order chi connectivity index (χ1) is 6.20. The Hall–Kier alpha value is 0.110. The lowest BCUT2D eigenvalue weighted by molar-refractivity contribution is 0.810. The molecule has 1 heterocycles. The number of hydrogen-bond acceptors (Lipinski definition) is 2. The topological polar surface area (TPSA) is 26.0 Å². The van der Waals surface area contributed by atoms with Crippen molar-refractivity contribution in [2.24, 2.45) is 5.73 Å². The Morgan fingerprint density at radius 1 is 1.31 bits per heavy atom. The van der Waals surface area contributed by atoms with E-state index < -0.39 is 0 Å². The van der Waals surface area contributed by atoms with Crippen molar-refractivity contribution in [3.05, 3.63) is 33.3 Å². The van der Waals surface area contributed by atoms with Gasteiger partial charge in [-0.2, -0.15) is 11.8 Å². The Morgan fingerprint density at radius 3 is 2.69 bits per heavy atom. The second kappa shape index (κ2) is 3.70. The lowest BCUT2D eigenvalue weighted by Gasteiger charge is -2.23. The number of hydrogen-bond donors (Lipinski definition) is 1. The highest BCUT2D eigenvalue weighted by molar-refractivity contribution is 7.98. The summed E-state index contributed by atoms with van der Waals surface area (Å²) in [5, 5.41) is 1.52. The van der Waals surface area contributed by atoms with Crippen molar-refractivity contribution in [2.45, 2.75) is 11.8 Å². The maximum Gasteiger partial charge on any atom is 0.0458 e. The molecule has 0 bridgehead atoms. The molecule has 0 aliphatic carbocycles. The van der Waals surface area contributed by atoms with Crippen LogP contribution in [0.25, 0.3) is 0 Å². The molecule has 4 heteroatoms. The van der Waals surface area contributed by atoms with Crippen LogP contribution in [0.2, 0.25) is 10.0 Å². The molecule has 1 aliphatic heterocycles. The maximum atomic E-state index is 6.06. The first-order valence-corrected chi connectivity index (χ1v) is 5.91. The van der Waals surface area contributed by atoms with Crippen molar-refractivity contribution >= 4 is 35.0 Å². The van der Waals surface area contributed by atoms with Crippen LogP contribution >= 0.6 is 35.0 Å². The molecule has 13 heavy (non-hydrogen) atoms. The van der Waals surface area contributed by atoms with Gasteiger partial charge in [-0.25, -0.2) is 0 Å². The number of halogens is 2. The molecule has 0 unspecified atom stereocenters. The Bertz CT molecular complexity index is 341. The van der Waals surface area contributed by atoms with E-state index in [1.807, 2.05) is 12.1 Å². The van der Waals surface area contributed by atoms with Gasteiger partial charge in [0, 0.05) is 27.6 Å². The van der Waals surface area contributed by atoms with Crippen molar-refractivity contribution in [3.63, 3.8) is 0 Å². The predicted octanol–water partition coefficient (Wildman–Crippen LogP) is 3.24. The number of rotatable bonds is 0. The fourth-order valence-corrected chi connectivity index (χ4v) is 3.21. The smallest absolute Gasteiger partial charge is 0.0458 e. The minimum atomic E-state index is 0.0277. The third-order valence-corrected chi connectivity index (χ3v) is 3.93. The van der Waals surface area contributed by atoms with Crippen LogP contribution in [-0.4, -0.2) is 5.75 Å². The zero-order valence-electron chi connectivity index (χ0n) is 6.89. The van der Waals surface area contributed by atoms with Gasteiger partial charge in [0.05, 0.1) is 0 Å². The summed E-state index contributed by atoms with van der Waals surface area (Å²) in [6.07, 6.45) is 0. The van der Waals surface area contributed by atoms with E-state index >= 15 is 0 Å². The molecule has 70 valence electrons. The van der Waals surface area contributed by atoms with Gasteiger partial charge in [0.1, 0.15) is 0 Å². The molecular weight excluding hydrogens is 225 g/mol. The van der Waals surface area contributed by atoms with E-state index in [-0.39, 0.29) is 6.04 Å². The molecule has 0 fully saturated rings. The van der Waals surface area contributed by atoms with Crippen LogP contribution in [0.1, 0.15) is 17.2 Å². The average Bonchev–Trinajstić information content (AvgIpc) is 2.12. The Kier molecular flexibility index (Phi) is 2.75. The molecule has 0 saturated heterocycles. The molecule has 0 saturated carbocycles. The van der Waals surface area contributed by atoms with Crippen LogP contribution in [0, 0.1) is 0 Å². The quantitative estimate of drug-likeness (QED) is 0.745. The van der Waals surface area contributed by atoms with Crippen LogP contribution in [0.5, 0.6) is 0 Å². The maximum absolute atomic E-state index is 6.06. The van der Waals surface area contributed by atoms with Gasteiger partial charge >= 0.3 is 0 Å². The lowest BCUT2D eigenvalue weighted by atomic mass is 10.0. The summed E-state index contributed by atoms with van der Waals surface area (Å²) >= 11 is 13.9. The van der Waals surface area contributed by atoms with Gasteiger partial charge in [-0.1, -0.05) is 23.2 Å². The molecule has 2 N–H and O–H groups in total. The summed E-state index contributed by atoms with van der Waals surface area (Å²) < 4.78 is 0. The van der Waals surface area contributed by atoms with E-state index in [0.29, 0.717) is 0 Å². The average molecular weight is 234 g/mol. The van der Waals surface area contributed by atoms with Gasteiger partial charge in [-0.3, -0.25) is 0 Å². The van der Waals surface area contributed by atoms with Crippen molar-refractivity contribution in [1.29, 1.82) is 0 Å². The standard InChI is InChI=1S/C9H9Cl2NS/c10-6-1-2-7(11)9-5(6)3-13-4-8(9)12/h1-2,8H,3-4,12H2/t8-/m1/s1. The molecule has 1 aromatic rings. The highest BCUT2D eigenvalue weighted by Crippen LogP contribution is 2.38. The number of thioether (sulfide) groups is 1. The molecule has 1 aromatic carbocycles. The van der Waals surface area contributed by atoms with Gasteiger partial charge in [0.15, 0.2) is 0 Å². The van der Waals surface area contributed by atoms with E-state index in [9.17, 15) is 0 Å². The second-order valence-electron chi connectivity index (χ2n) is 3.04. The van der Waals surface area contributed by atoms with E-state index in [1.165, 1.54) is 0 Å². The van der Waals surface area contributed by atoms with Gasteiger partial charge < -0.3 is 5.73 Å². The zero-order valence-corrected chi connectivity index (χ0v) is 9.22. The van der Waals surface area contributed by atoms with Crippen LogP contribution in [0.15, 0.2) is 12.1 Å². The van der Waals surface area contributed by atoms with E-state index in [2.05, 4.69) is 0 Å². The van der Waals surface area contributed by atoms with Crippen LogP contribution < -0.4 is 5.73 Å². The van der Waals surface area contributed by atoms with Crippen LogP contribution in [0.3, 0.4) is 0 Å². The summed E-state index contributed by atoms with van der Waals surface area (Å²) in [5.74, 6) is 1.84. The molecule has 1 nitrogen and oxygen atoms in total. The van der Waals surface area contributed by atoms with E-state index in [0.717, 1.165) is 32.7 Å². The molecule has 0 radical (unpaired) electrons. The number of benzene rings is 1. The highest BCUT2D eigenvalue weighted by atomic mass is 35.5. The van der Waals surface area contributed by atoms with Crippen molar-refractivity contribution in [2.75, 3.05) is 5.75 Å². The lowest BCUT2D eigenvalue weighted by Crippen LogP contribution is -2.19. The molecule has 0 spiro atoms. The summed E-state index contributed by atoms with van der Waals surface area (Å²) in [6.45, 7) is 0. The van der Waals surface area contributed by atoms with E-state index in [4.69, 9.17) is 28.9 Å². The first kappa shape index (κ1) is 9.66. The normalized spacial score (nSPS) is 21.3. The summed E-state index contributed by atoms with van der Waals surface area (Å²) in [4.78, 5) is 0. The van der Waals surface area contributed by atoms with Crippen molar-refractivity contribution < 1.29 is 0 Å². The Balaban J connectivity index is 2.60. The summed E-state index contributed by atoms with van der Waals surface area (Å²) in [7, 11) is 0. The minimum Gasteiger partial charge on any atom is -0.323 e. The molecule has 0 amide bonds. The number of fused-ring (bicyclic) bond motifs is 1. The summed E-state index contributed by atoms with van der Waals surface area (Å²) in [6, 6.07) is 3.68. The molecule has 2 rings (SSSR count). The zero-order chi connectivity index (χ0) is 9.42. The minimum absolute atomic E-state index is 0.0277. The molecular formula is C9H9Cl2NS. The van der Waals surface area contributed by atoms with Gasteiger partial charge in [-0.15, -0.1) is 0 Å². The number of nitrogens with two attached hydrogens (primary N) is 1. The van der Waals surface area contributed by atoms with Crippen LogP contribution in [0.4, 0.5) is 0 Å². The Labute approximate surface area is 91.6 Å². The van der Waals surface area contributed by atoms with Crippen LogP contribution in [-0.2, 0) is 5.75 Å². The Morgan fingerprint density at radius 2 is 2.00 bits per heavy atom. The third-order valence-electron chi connectivity index (χ3n) is 2.16. The SMILES string of the molecule is N[C@@H]1CSCc2c(Cl)ccc(Cl)c21. The third kappa shape index (κ3) is 1.68. The summed E-state index contributed by atoms with van der Waals surface area (Å²) in [5.41, 5.74) is 8.10.